The Hall–Kier alpha value is -1.54. The summed E-state index contributed by atoms with van der Waals surface area (Å²) in [4.78, 5) is 4.14. The first kappa shape index (κ1) is 19.5. The molecule has 0 aliphatic heterocycles. The Morgan fingerprint density at radius 2 is 1.70 bits per heavy atom. The fourth-order valence-corrected chi connectivity index (χ4v) is 2.14. The first-order valence-corrected chi connectivity index (χ1v) is 7.39. The molecular formula is C17H24IN3O2. The van der Waals surface area contributed by atoms with Gasteiger partial charge in [0.25, 0.3) is 0 Å². The number of guanidine groups is 1. The van der Waals surface area contributed by atoms with Crippen LogP contribution in [0.25, 0.3) is 10.8 Å². The Labute approximate surface area is 154 Å². The second kappa shape index (κ2) is 11.1. The second-order valence-corrected chi connectivity index (χ2v) is 4.74. The van der Waals surface area contributed by atoms with Crippen molar-refractivity contribution in [2.24, 2.45) is 4.99 Å². The summed E-state index contributed by atoms with van der Waals surface area (Å²) >= 11 is 0. The first-order chi connectivity index (χ1) is 10.8. The van der Waals surface area contributed by atoms with Gasteiger partial charge in [0.2, 0.25) is 0 Å². The van der Waals surface area contributed by atoms with Gasteiger partial charge >= 0.3 is 0 Å². The van der Waals surface area contributed by atoms with Crippen LogP contribution in [-0.2, 0) is 4.74 Å². The number of hydrogen-bond acceptors (Lipinski definition) is 3. The molecule has 0 aromatic heterocycles. The van der Waals surface area contributed by atoms with E-state index in [0.29, 0.717) is 19.8 Å². The normalized spacial score (nSPS) is 11.0. The summed E-state index contributed by atoms with van der Waals surface area (Å²) < 4.78 is 10.9. The molecule has 126 valence electrons. The number of benzene rings is 2. The van der Waals surface area contributed by atoms with Gasteiger partial charge in [0.1, 0.15) is 12.4 Å². The highest BCUT2D eigenvalue weighted by Gasteiger charge is 2.01. The molecule has 0 spiro atoms. The van der Waals surface area contributed by atoms with Crippen LogP contribution >= 0.6 is 24.0 Å². The fraction of sp³-hybridized carbons (Fsp3) is 0.353. The van der Waals surface area contributed by atoms with Crippen LogP contribution in [0.3, 0.4) is 0 Å². The molecule has 0 unspecified atom stereocenters. The van der Waals surface area contributed by atoms with E-state index >= 15 is 0 Å². The summed E-state index contributed by atoms with van der Waals surface area (Å²) in [7, 11) is 3.42. The van der Waals surface area contributed by atoms with Gasteiger partial charge in [-0.05, 0) is 11.5 Å². The molecule has 2 N–H and O–H groups in total. The van der Waals surface area contributed by atoms with E-state index in [1.54, 1.807) is 14.2 Å². The maximum atomic E-state index is 5.87. The minimum Gasteiger partial charge on any atom is -0.491 e. The van der Waals surface area contributed by atoms with Crippen molar-refractivity contribution in [1.82, 2.24) is 10.6 Å². The van der Waals surface area contributed by atoms with Crippen LogP contribution in [0, 0.1) is 0 Å². The van der Waals surface area contributed by atoms with Crippen molar-refractivity contribution in [2.75, 3.05) is 40.5 Å². The van der Waals surface area contributed by atoms with E-state index < -0.39 is 0 Å². The predicted octanol–water partition coefficient (Wildman–Crippen LogP) is 2.65. The molecule has 2 aromatic rings. The van der Waals surface area contributed by atoms with Crippen molar-refractivity contribution in [3.05, 3.63) is 42.5 Å². The molecule has 0 heterocycles. The number of fused-ring (bicyclic) bond motifs is 1. The Balaban J connectivity index is 0.00000264. The van der Waals surface area contributed by atoms with Crippen LogP contribution in [0.1, 0.15) is 0 Å². The quantitative estimate of drug-likeness (QED) is 0.308. The minimum absolute atomic E-state index is 0. The van der Waals surface area contributed by atoms with E-state index in [2.05, 4.69) is 33.8 Å². The largest absolute Gasteiger partial charge is 0.491 e. The van der Waals surface area contributed by atoms with E-state index in [4.69, 9.17) is 9.47 Å². The van der Waals surface area contributed by atoms with Gasteiger partial charge in [0, 0.05) is 26.1 Å². The second-order valence-electron chi connectivity index (χ2n) is 4.74. The maximum Gasteiger partial charge on any atom is 0.191 e. The van der Waals surface area contributed by atoms with Gasteiger partial charge < -0.3 is 20.1 Å². The van der Waals surface area contributed by atoms with Crippen LogP contribution in [0.15, 0.2) is 47.5 Å². The molecule has 5 nitrogen and oxygen atoms in total. The van der Waals surface area contributed by atoms with Gasteiger partial charge in [-0.1, -0.05) is 36.4 Å². The molecule has 6 heteroatoms. The van der Waals surface area contributed by atoms with Gasteiger partial charge in [-0.15, -0.1) is 24.0 Å². The summed E-state index contributed by atoms with van der Waals surface area (Å²) in [6, 6.07) is 14.3. The number of hydrogen-bond donors (Lipinski definition) is 2. The summed E-state index contributed by atoms with van der Waals surface area (Å²) in [5, 5.41) is 8.68. The zero-order valence-corrected chi connectivity index (χ0v) is 15.9. The Morgan fingerprint density at radius 1 is 1.00 bits per heavy atom. The van der Waals surface area contributed by atoms with Gasteiger partial charge in [-0.2, -0.15) is 0 Å². The Morgan fingerprint density at radius 3 is 2.43 bits per heavy atom. The lowest BCUT2D eigenvalue weighted by Crippen LogP contribution is -2.40. The van der Waals surface area contributed by atoms with Crippen molar-refractivity contribution in [3.63, 3.8) is 0 Å². The van der Waals surface area contributed by atoms with Crippen LogP contribution < -0.4 is 15.4 Å². The number of halogens is 1. The third kappa shape index (κ3) is 6.23. The lowest BCUT2D eigenvalue weighted by Gasteiger charge is -2.13. The van der Waals surface area contributed by atoms with Gasteiger partial charge in [0.15, 0.2) is 5.96 Å². The molecular weight excluding hydrogens is 405 g/mol. The van der Waals surface area contributed by atoms with Gasteiger partial charge in [-0.25, -0.2) is 0 Å². The predicted molar refractivity (Wildman–Crippen MR) is 106 cm³/mol. The highest BCUT2D eigenvalue weighted by Crippen LogP contribution is 2.24. The monoisotopic (exact) mass is 429 g/mol. The van der Waals surface area contributed by atoms with E-state index in [1.807, 2.05) is 24.3 Å². The summed E-state index contributed by atoms with van der Waals surface area (Å²) in [6.45, 7) is 2.61. The van der Waals surface area contributed by atoms with Crippen molar-refractivity contribution in [1.29, 1.82) is 0 Å². The standard InChI is InChI=1S/C17H23N3O2.HI/c1-18-17(19-10-12-21-2)20-11-13-22-16-9-5-7-14-6-3-4-8-15(14)16;/h3-9H,10-13H2,1-2H3,(H2,18,19,20);1H. The zero-order chi connectivity index (χ0) is 15.6. The van der Waals surface area contributed by atoms with Crippen molar-refractivity contribution >= 4 is 40.7 Å². The minimum atomic E-state index is 0. The number of methoxy groups -OCH3 is 1. The number of nitrogens with one attached hydrogen (secondary N) is 2. The van der Waals surface area contributed by atoms with Gasteiger partial charge in [-0.3, -0.25) is 4.99 Å². The molecule has 0 amide bonds. The summed E-state index contributed by atoms with van der Waals surface area (Å²) in [6.07, 6.45) is 0. The smallest absolute Gasteiger partial charge is 0.191 e. The SMILES string of the molecule is CN=C(NCCOC)NCCOc1cccc2ccccc12.I. The highest BCUT2D eigenvalue weighted by atomic mass is 127. The molecule has 0 bridgehead atoms. The Kier molecular flexibility index (Phi) is 9.39. The average Bonchev–Trinajstić information content (AvgIpc) is 2.57. The van der Waals surface area contributed by atoms with Crippen molar-refractivity contribution in [2.45, 2.75) is 0 Å². The number of nitrogens with zero attached hydrogens (tertiary/aromatic N) is 1. The topological polar surface area (TPSA) is 54.9 Å². The molecule has 0 radical (unpaired) electrons. The molecule has 2 aromatic carbocycles. The number of aliphatic imine (C=N–C) groups is 1. The number of ether oxygens (including phenoxy) is 2. The van der Waals surface area contributed by atoms with Crippen LogP contribution in [0.4, 0.5) is 0 Å². The highest BCUT2D eigenvalue weighted by molar-refractivity contribution is 14.0. The molecule has 0 saturated carbocycles. The van der Waals surface area contributed by atoms with Crippen LogP contribution in [0.5, 0.6) is 5.75 Å². The third-order valence-electron chi connectivity index (χ3n) is 3.22. The van der Waals surface area contributed by atoms with Gasteiger partial charge in [0.05, 0.1) is 13.2 Å². The van der Waals surface area contributed by atoms with Crippen molar-refractivity contribution in [3.8, 4) is 5.75 Å². The molecule has 23 heavy (non-hydrogen) atoms. The zero-order valence-electron chi connectivity index (χ0n) is 13.5. The fourth-order valence-electron chi connectivity index (χ4n) is 2.14. The molecule has 0 aliphatic carbocycles. The van der Waals surface area contributed by atoms with Crippen LogP contribution in [-0.4, -0.2) is 46.4 Å². The first-order valence-electron chi connectivity index (χ1n) is 7.39. The van der Waals surface area contributed by atoms with E-state index in [-0.39, 0.29) is 24.0 Å². The Bertz CT molecular complexity index is 614. The molecule has 0 atom stereocenters. The van der Waals surface area contributed by atoms with Crippen LogP contribution in [0.2, 0.25) is 0 Å². The van der Waals surface area contributed by atoms with E-state index in [1.165, 1.54) is 5.39 Å². The number of rotatable bonds is 7. The van der Waals surface area contributed by atoms with E-state index in [0.717, 1.165) is 23.6 Å². The summed E-state index contributed by atoms with van der Waals surface area (Å²) in [5.74, 6) is 1.65. The molecule has 0 saturated heterocycles. The molecule has 0 aliphatic rings. The third-order valence-corrected chi connectivity index (χ3v) is 3.22. The molecule has 2 rings (SSSR count). The summed E-state index contributed by atoms with van der Waals surface area (Å²) in [5.41, 5.74) is 0. The van der Waals surface area contributed by atoms with Crippen molar-refractivity contribution < 1.29 is 9.47 Å². The maximum absolute atomic E-state index is 5.87. The average molecular weight is 429 g/mol. The lowest BCUT2D eigenvalue weighted by molar-refractivity contribution is 0.203. The van der Waals surface area contributed by atoms with E-state index in [9.17, 15) is 0 Å². The molecule has 0 fully saturated rings. The lowest BCUT2D eigenvalue weighted by atomic mass is 10.1.